The Bertz CT molecular complexity index is 407. The molecule has 0 aliphatic rings. The van der Waals surface area contributed by atoms with Crippen LogP contribution in [0.3, 0.4) is 0 Å². The van der Waals surface area contributed by atoms with E-state index in [9.17, 15) is 4.79 Å². The molecule has 0 unspecified atom stereocenters. The Morgan fingerprint density at radius 3 is 2.74 bits per heavy atom. The molecule has 0 aliphatic heterocycles. The van der Waals surface area contributed by atoms with E-state index in [-0.39, 0.29) is 11.8 Å². The number of hydrogen-bond acceptors (Lipinski definition) is 2. The molecule has 0 heterocycles. The van der Waals surface area contributed by atoms with Crippen LogP contribution in [0.25, 0.3) is 0 Å². The zero-order valence-electron chi connectivity index (χ0n) is 11.7. The lowest BCUT2D eigenvalue weighted by Gasteiger charge is -2.16. The lowest BCUT2D eigenvalue weighted by Crippen LogP contribution is -2.28. The van der Waals surface area contributed by atoms with Gasteiger partial charge in [-0.15, -0.1) is 0 Å². The minimum Gasteiger partial charge on any atom is -0.352 e. The molecule has 106 valence electrons. The summed E-state index contributed by atoms with van der Waals surface area (Å²) in [4.78, 5) is 11.9. The van der Waals surface area contributed by atoms with Gasteiger partial charge in [0.25, 0.3) is 0 Å². The average molecular weight is 283 g/mol. The largest absolute Gasteiger partial charge is 0.352 e. The molecular weight excluding hydrogens is 260 g/mol. The minimum atomic E-state index is 0.0519. The summed E-state index contributed by atoms with van der Waals surface area (Å²) in [7, 11) is 0. The summed E-state index contributed by atoms with van der Waals surface area (Å²) in [6, 6.07) is 7.50. The van der Waals surface area contributed by atoms with Crippen molar-refractivity contribution in [2.45, 2.75) is 33.2 Å². The molecule has 1 atom stereocenters. The van der Waals surface area contributed by atoms with Gasteiger partial charge in [-0.25, -0.2) is 0 Å². The summed E-state index contributed by atoms with van der Waals surface area (Å²) < 4.78 is 0. The predicted molar refractivity (Wildman–Crippen MR) is 79.9 cm³/mol. The molecule has 1 aromatic carbocycles. The van der Waals surface area contributed by atoms with Gasteiger partial charge in [0.2, 0.25) is 5.91 Å². The van der Waals surface area contributed by atoms with Gasteiger partial charge in [-0.2, -0.15) is 0 Å². The van der Waals surface area contributed by atoms with Gasteiger partial charge in [-0.05, 0) is 42.5 Å². The molecular formula is C15H23ClN2O. The fourth-order valence-corrected chi connectivity index (χ4v) is 2.32. The SMILES string of the molecule is CC(C)C[C@H](CN)CC(=O)NCc1cccc(Cl)c1. The van der Waals surface area contributed by atoms with E-state index in [4.69, 9.17) is 17.3 Å². The van der Waals surface area contributed by atoms with Crippen molar-refractivity contribution in [3.63, 3.8) is 0 Å². The van der Waals surface area contributed by atoms with Crippen LogP contribution in [0.1, 0.15) is 32.3 Å². The van der Waals surface area contributed by atoms with E-state index in [1.165, 1.54) is 0 Å². The van der Waals surface area contributed by atoms with Crippen LogP contribution in [-0.4, -0.2) is 12.5 Å². The van der Waals surface area contributed by atoms with Crippen LogP contribution in [0.5, 0.6) is 0 Å². The van der Waals surface area contributed by atoms with Gasteiger partial charge in [0.1, 0.15) is 0 Å². The van der Waals surface area contributed by atoms with E-state index < -0.39 is 0 Å². The van der Waals surface area contributed by atoms with Crippen LogP contribution in [0.15, 0.2) is 24.3 Å². The number of nitrogens with one attached hydrogen (secondary N) is 1. The first-order valence-electron chi connectivity index (χ1n) is 6.72. The standard InChI is InChI=1S/C15H23ClN2O/c1-11(2)6-13(9-17)8-15(19)18-10-12-4-3-5-14(16)7-12/h3-5,7,11,13H,6,8-10,17H2,1-2H3,(H,18,19)/t13-/m0/s1. The number of hydrogen-bond donors (Lipinski definition) is 2. The average Bonchev–Trinajstić information content (AvgIpc) is 2.35. The Hall–Kier alpha value is -1.06. The molecule has 0 radical (unpaired) electrons. The predicted octanol–water partition coefficient (Wildman–Crippen LogP) is 2.97. The van der Waals surface area contributed by atoms with E-state index in [0.29, 0.717) is 30.5 Å². The Labute approximate surface area is 120 Å². The Balaban J connectivity index is 2.38. The van der Waals surface area contributed by atoms with E-state index in [0.717, 1.165) is 12.0 Å². The van der Waals surface area contributed by atoms with Crippen LogP contribution in [0.2, 0.25) is 5.02 Å². The molecule has 0 saturated carbocycles. The Morgan fingerprint density at radius 2 is 2.16 bits per heavy atom. The number of rotatable bonds is 7. The molecule has 0 aliphatic carbocycles. The van der Waals surface area contributed by atoms with Crippen LogP contribution in [-0.2, 0) is 11.3 Å². The smallest absolute Gasteiger partial charge is 0.220 e. The summed E-state index contributed by atoms with van der Waals surface area (Å²) in [5.41, 5.74) is 6.71. The second kappa shape index (κ2) is 8.18. The maximum atomic E-state index is 11.9. The molecule has 3 N–H and O–H groups in total. The number of carbonyl (C=O) groups is 1. The molecule has 0 saturated heterocycles. The van der Waals surface area contributed by atoms with Crippen molar-refractivity contribution >= 4 is 17.5 Å². The zero-order chi connectivity index (χ0) is 14.3. The third-order valence-corrected chi connectivity index (χ3v) is 3.23. The van der Waals surface area contributed by atoms with Gasteiger partial charge in [0.05, 0.1) is 0 Å². The molecule has 0 fully saturated rings. The molecule has 4 heteroatoms. The van der Waals surface area contributed by atoms with Crippen LogP contribution in [0.4, 0.5) is 0 Å². The van der Waals surface area contributed by atoms with Gasteiger partial charge in [0.15, 0.2) is 0 Å². The number of halogens is 1. The van der Waals surface area contributed by atoms with Gasteiger partial charge in [-0.3, -0.25) is 4.79 Å². The monoisotopic (exact) mass is 282 g/mol. The quantitative estimate of drug-likeness (QED) is 0.808. The van der Waals surface area contributed by atoms with Crippen molar-refractivity contribution in [3.8, 4) is 0 Å². The molecule has 0 bridgehead atoms. The molecule has 19 heavy (non-hydrogen) atoms. The van der Waals surface area contributed by atoms with Crippen LogP contribution in [0, 0.1) is 11.8 Å². The number of carbonyl (C=O) groups excluding carboxylic acids is 1. The lowest BCUT2D eigenvalue weighted by atomic mass is 9.94. The Morgan fingerprint density at radius 1 is 1.42 bits per heavy atom. The summed E-state index contributed by atoms with van der Waals surface area (Å²) in [5, 5.41) is 3.60. The molecule has 1 aromatic rings. The molecule has 0 spiro atoms. The van der Waals surface area contributed by atoms with Crippen molar-refractivity contribution in [1.29, 1.82) is 0 Å². The van der Waals surface area contributed by atoms with Crippen molar-refractivity contribution in [3.05, 3.63) is 34.9 Å². The topological polar surface area (TPSA) is 55.1 Å². The van der Waals surface area contributed by atoms with Crippen molar-refractivity contribution in [1.82, 2.24) is 5.32 Å². The first-order chi connectivity index (χ1) is 9.01. The normalized spacial score (nSPS) is 12.5. The highest BCUT2D eigenvalue weighted by atomic mass is 35.5. The number of amides is 1. The molecule has 1 rings (SSSR count). The highest BCUT2D eigenvalue weighted by molar-refractivity contribution is 6.30. The van der Waals surface area contributed by atoms with Crippen molar-refractivity contribution in [2.24, 2.45) is 17.6 Å². The van der Waals surface area contributed by atoms with Gasteiger partial charge < -0.3 is 11.1 Å². The summed E-state index contributed by atoms with van der Waals surface area (Å²) in [5.74, 6) is 0.879. The lowest BCUT2D eigenvalue weighted by molar-refractivity contribution is -0.122. The maximum absolute atomic E-state index is 11.9. The molecule has 1 amide bonds. The van der Waals surface area contributed by atoms with Crippen molar-refractivity contribution < 1.29 is 4.79 Å². The minimum absolute atomic E-state index is 0.0519. The first-order valence-corrected chi connectivity index (χ1v) is 7.10. The first kappa shape index (κ1) is 16.0. The second-order valence-corrected chi connectivity index (χ2v) is 5.78. The fraction of sp³-hybridized carbons (Fsp3) is 0.533. The van der Waals surface area contributed by atoms with Gasteiger partial charge >= 0.3 is 0 Å². The van der Waals surface area contributed by atoms with Crippen LogP contribution >= 0.6 is 11.6 Å². The van der Waals surface area contributed by atoms with Crippen molar-refractivity contribution in [2.75, 3.05) is 6.54 Å². The Kier molecular flexibility index (Phi) is 6.89. The summed E-state index contributed by atoms with van der Waals surface area (Å²) in [6.07, 6.45) is 1.48. The number of benzene rings is 1. The maximum Gasteiger partial charge on any atom is 0.220 e. The van der Waals surface area contributed by atoms with Crippen LogP contribution < -0.4 is 11.1 Å². The fourth-order valence-electron chi connectivity index (χ4n) is 2.11. The van der Waals surface area contributed by atoms with E-state index >= 15 is 0 Å². The highest BCUT2D eigenvalue weighted by Gasteiger charge is 2.13. The molecule has 0 aromatic heterocycles. The number of nitrogens with two attached hydrogens (primary N) is 1. The molecule has 3 nitrogen and oxygen atoms in total. The van der Waals surface area contributed by atoms with Gasteiger partial charge in [0, 0.05) is 18.0 Å². The zero-order valence-corrected chi connectivity index (χ0v) is 12.4. The van der Waals surface area contributed by atoms with E-state index in [2.05, 4.69) is 19.2 Å². The van der Waals surface area contributed by atoms with Gasteiger partial charge in [-0.1, -0.05) is 37.6 Å². The third-order valence-electron chi connectivity index (χ3n) is 2.99. The second-order valence-electron chi connectivity index (χ2n) is 5.34. The third kappa shape index (κ3) is 6.60. The highest BCUT2D eigenvalue weighted by Crippen LogP contribution is 2.14. The van der Waals surface area contributed by atoms with E-state index in [1.54, 1.807) is 0 Å². The summed E-state index contributed by atoms with van der Waals surface area (Å²) in [6.45, 7) is 5.36. The summed E-state index contributed by atoms with van der Waals surface area (Å²) >= 11 is 5.89. The van der Waals surface area contributed by atoms with E-state index in [1.807, 2.05) is 24.3 Å².